The second kappa shape index (κ2) is 9.35. The molecule has 0 saturated carbocycles. The summed E-state index contributed by atoms with van der Waals surface area (Å²) in [7, 11) is -3.68. The van der Waals surface area contributed by atoms with Crippen molar-refractivity contribution in [2.45, 2.75) is 17.7 Å². The lowest BCUT2D eigenvalue weighted by Crippen LogP contribution is -2.53. The number of nitrogens with zero attached hydrogens (tertiary/aromatic N) is 3. The van der Waals surface area contributed by atoms with Crippen LogP contribution in [-0.2, 0) is 14.8 Å². The first kappa shape index (κ1) is 22.8. The fourth-order valence-electron chi connectivity index (χ4n) is 4.93. The second-order valence-corrected chi connectivity index (χ2v) is 10.9. The molecule has 5 rings (SSSR count). The van der Waals surface area contributed by atoms with Gasteiger partial charge in [-0.3, -0.25) is 4.79 Å². The topological polar surface area (TPSA) is 60.9 Å². The molecule has 2 aliphatic rings. The van der Waals surface area contributed by atoms with E-state index < -0.39 is 10.0 Å². The van der Waals surface area contributed by atoms with E-state index in [2.05, 4.69) is 4.90 Å². The van der Waals surface area contributed by atoms with Crippen LogP contribution in [0.4, 0.5) is 10.1 Å². The van der Waals surface area contributed by atoms with Crippen molar-refractivity contribution in [2.24, 2.45) is 5.92 Å². The van der Waals surface area contributed by atoms with Crippen molar-refractivity contribution >= 4 is 32.4 Å². The number of fused-ring (bicyclic) bond motifs is 1. The van der Waals surface area contributed by atoms with Crippen molar-refractivity contribution < 1.29 is 17.6 Å². The molecule has 0 radical (unpaired) electrons. The number of piperazine rings is 1. The number of carbonyl (C=O) groups is 1. The van der Waals surface area contributed by atoms with E-state index in [4.69, 9.17) is 0 Å². The van der Waals surface area contributed by atoms with Gasteiger partial charge in [-0.05, 0) is 60.0 Å². The first-order chi connectivity index (χ1) is 16.4. The zero-order valence-corrected chi connectivity index (χ0v) is 19.8. The molecule has 2 fully saturated rings. The van der Waals surface area contributed by atoms with Gasteiger partial charge in [0, 0.05) is 45.0 Å². The summed E-state index contributed by atoms with van der Waals surface area (Å²) in [6.45, 7) is 3.13. The highest BCUT2D eigenvalue weighted by Gasteiger charge is 2.36. The quantitative estimate of drug-likeness (QED) is 0.570. The highest BCUT2D eigenvalue weighted by molar-refractivity contribution is 7.89. The summed E-state index contributed by atoms with van der Waals surface area (Å²) >= 11 is 0. The van der Waals surface area contributed by atoms with Crippen molar-refractivity contribution in [2.75, 3.05) is 44.2 Å². The van der Waals surface area contributed by atoms with Crippen LogP contribution in [0, 0.1) is 11.7 Å². The standard InChI is InChI=1S/C26H28FN3O3S/c27-23-8-10-24(11-9-23)28-14-16-29(17-15-28)26(31)22-6-3-13-30(19-22)34(32,33)25-12-7-20-4-1-2-5-21(20)18-25/h1-2,4-5,7-12,18,22H,3,6,13-17,19H2/t22-/m0/s1. The molecule has 0 aliphatic carbocycles. The van der Waals surface area contributed by atoms with Gasteiger partial charge in [0.25, 0.3) is 0 Å². The lowest BCUT2D eigenvalue weighted by molar-refractivity contribution is -0.137. The van der Waals surface area contributed by atoms with E-state index in [9.17, 15) is 17.6 Å². The summed E-state index contributed by atoms with van der Waals surface area (Å²) in [5.74, 6) is -0.573. The van der Waals surface area contributed by atoms with E-state index in [0.717, 1.165) is 16.5 Å². The Morgan fingerprint density at radius 1 is 0.853 bits per heavy atom. The monoisotopic (exact) mass is 481 g/mol. The fraction of sp³-hybridized carbons (Fsp3) is 0.346. The molecule has 6 nitrogen and oxygen atoms in total. The highest BCUT2D eigenvalue weighted by atomic mass is 32.2. The molecule has 0 aromatic heterocycles. The van der Waals surface area contributed by atoms with Gasteiger partial charge in [0.15, 0.2) is 0 Å². The molecular weight excluding hydrogens is 453 g/mol. The summed E-state index contributed by atoms with van der Waals surface area (Å²) in [6.07, 6.45) is 1.36. The SMILES string of the molecule is O=C([C@H]1CCCN(S(=O)(=O)c2ccc3ccccc3c2)C1)N1CCN(c2ccc(F)cc2)CC1. The average molecular weight is 482 g/mol. The van der Waals surface area contributed by atoms with Gasteiger partial charge >= 0.3 is 0 Å². The first-order valence-corrected chi connectivity index (χ1v) is 13.1. The lowest BCUT2D eigenvalue weighted by atomic mass is 9.97. The number of hydrogen-bond donors (Lipinski definition) is 0. The highest BCUT2D eigenvalue weighted by Crippen LogP contribution is 2.28. The van der Waals surface area contributed by atoms with E-state index >= 15 is 0 Å². The zero-order chi connectivity index (χ0) is 23.7. The molecule has 0 unspecified atom stereocenters. The second-order valence-electron chi connectivity index (χ2n) is 9.00. The molecule has 3 aromatic rings. The van der Waals surface area contributed by atoms with E-state index in [1.54, 1.807) is 24.3 Å². The molecule has 2 heterocycles. The zero-order valence-electron chi connectivity index (χ0n) is 18.9. The van der Waals surface area contributed by atoms with Gasteiger partial charge in [-0.15, -0.1) is 0 Å². The van der Waals surface area contributed by atoms with Gasteiger partial charge in [0.2, 0.25) is 15.9 Å². The fourth-order valence-corrected chi connectivity index (χ4v) is 6.49. The first-order valence-electron chi connectivity index (χ1n) is 11.7. The maximum absolute atomic E-state index is 13.4. The molecule has 2 saturated heterocycles. The molecular formula is C26H28FN3O3S. The number of rotatable bonds is 4. The Bertz CT molecular complexity index is 1290. The number of halogens is 1. The normalized spacial score (nSPS) is 20.0. The number of carbonyl (C=O) groups excluding carboxylic acids is 1. The van der Waals surface area contributed by atoms with Crippen LogP contribution in [-0.4, -0.2) is 62.8 Å². The van der Waals surface area contributed by atoms with E-state index in [1.165, 1.54) is 16.4 Å². The summed E-state index contributed by atoms with van der Waals surface area (Å²) in [5, 5.41) is 1.88. The molecule has 178 valence electrons. The lowest BCUT2D eigenvalue weighted by Gasteiger charge is -2.39. The summed E-state index contributed by atoms with van der Waals surface area (Å²) in [6, 6.07) is 19.3. The summed E-state index contributed by atoms with van der Waals surface area (Å²) in [5.41, 5.74) is 0.943. The van der Waals surface area contributed by atoms with Crippen LogP contribution >= 0.6 is 0 Å². The van der Waals surface area contributed by atoms with Crippen LogP contribution < -0.4 is 4.90 Å². The molecule has 2 aliphatic heterocycles. The van der Waals surface area contributed by atoms with Gasteiger partial charge in [-0.1, -0.05) is 30.3 Å². The third kappa shape index (κ3) is 4.52. The third-order valence-corrected chi connectivity index (χ3v) is 8.74. The predicted octanol–water partition coefficient (Wildman–Crippen LogP) is 3.73. The number of benzene rings is 3. The molecule has 1 amide bonds. The number of piperidine rings is 1. The average Bonchev–Trinajstić information content (AvgIpc) is 2.88. The molecule has 0 bridgehead atoms. The molecule has 1 atom stereocenters. The number of sulfonamides is 1. The van der Waals surface area contributed by atoms with Crippen LogP contribution in [0.15, 0.2) is 71.6 Å². The van der Waals surface area contributed by atoms with Crippen molar-refractivity contribution in [3.05, 3.63) is 72.5 Å². The molecule has 3 aromatic carbocycles. The molecule has 0 spiro atoms. The summed E-state index contributed by atoms with van der Waals surface area (Å²) < 4.78 is 41.4. The van der Waals surface area contributed by atoms with Gasteiger partial charge in [0.1, 0.15) is 5.82 Å². The van der Waals surface area contributed by atoms with Crippen molar-refractivity contribution in [1.82, 2.24) is 9.21 Å². The van der Waals surface area contributed by atoms with Crippen LogP contribution in [0.5, 0.6) is 0 Å². The maximum Gasteiger partial charge on any atom is 0.243 e. The Kier molecular flexibility index (Phi) is 6.27. The summed E-state index contributed by atoms with van der Waals surface area (Å²) in [4.78, 5) is 17.5. The van der Waals surface area contributed by atoms with Crippen LogP contribution in [0.25, 0.3) is 10.8 Å². The largest absolute Gasteiger partial charge is 0.368 e. The minimum absolute atomic E-state index is 0.0252. The Hall–Kier alpha value is -2.97. The van der Waals surface area contributed by atoms with Gasteiger partial charge in [0.05, 0.1) is 10.8 Å². The van der Waals surface area contributed by atoms with Crippen molar-refractivity contribution in [1.29, 1.82) is 0 Å². The Morgan fingerprint density at radius 2 is 1.56 bits per heavy atom. The van der Waals surface area contributed by atoms with Crippen LogP contribution in [0.1, 0.15) is 12.8 Å². The number of hydrogen-bond acceptors (Lipinski definition) is 4. The Balaban J connectivity index is 1.24. The molecule has 8 heteroatoms. The molecule has 0 N–H and O–H groups in total. The van der Waals surface area contributed by atoms with Gasteiger partial charge in [-0.25, -0.2) is 12.8 Å². The van der Waals surface area contributed by atoms with Gasteiger partial charge in [-0.2, -0.15) is 4.31 Å². The number of amides is 1. The van der Waals surface area contributed by atoms with Crippen LogP contribution in [0.2, 0.25) is 0 Å². The van der Waals surface area contributed by atoms with Crippen molar-refractivity contribution in [3.8, 4) is 0 Å². The number of anilines is 1. The van der Waals surface area contributed by atoms with Crippen molar-refractivity contribution in [3.63, 3.8) is 0 Å². The predicted molar refractivity (Wildman–Crippen MR) is 131 cm³/mol. The minimum Gasteiger partial charge on any atom is -0.368 e. The van der Waals surface area contributed by atoms with Gasteiger partial charge < -0.3 is 9.80 Å². The third-order valence-electron chi connectivity index (χ3n) is 6.88. The Morgan fingerprint density at radius 3 is 2.29 bits per heavy atom. The van der Waals surface area contributed by atoms with E-state index in [1.807, 2.05) is 35.2 Å². The van der Waals surface area contributed by atoms with Crippen LogP contribution in [0.3, 0.4) is 0 Å². The van der Waals surface area contributed by atoms with E-state index in [0.29, 0.717) is 45.6 Å². The molecule has 34 heavy (non-hydrogen) atoms. The van der Waals surface area contributed by atoms with E-state index in [-0.39, 0.29) is 29.1 Å². The smallest absolute Gasteiger partial charge is 0.243 e. The minimum atomic E-state index is -3.68. The maximum atomic E-state index is 13.4. The Labute approximate surface area is 199 Å².